The average Bonchev–Trinajstić information content (AvgIpc) is 2.54. The van der Waals surface area contributed by atoms with Gasteiger partial charge in [-0.2, -0.15) is 13.2 Å². The highest BCUT2D eigenvalue weighted by Crippen LogP contribution is 2.45. The monoisotopic (exact) mass is 324 g/mol. The van der Waals surface area contributed by atoms with Crippen LogP contribution < -0.4 is 4.74 Å². The summed E-state index contributed by atoms with van der Waals surface area (Å²) in [4.78, 5) is 0. The van der Waals surface area contributed by atoms with Crippen molar-refractivity contribution in [3.8, 4) is 5.75 Å². The van der Waals surface area contributed by atoms with Gasteiger partial charge in [0.2, 0.25) is 0 Å². The molecule has 0 saturated heterocycles. The lowest BCUT2D eigenvalue weighted by atomic mass is 9.78. The Kier molecular flexibility index (Phi) is 5.00. The summed E-state index contributed by atoms with van der Waals surface area (Å²) in [7, 11) is 1.43. The standard InChI is InChI=1S/C18H19F3O2/c1-13(12-14-6-4-3-5-7-14)17(22,18(19,20)21)15-8-10-16(23-2)11-9-15/h3-11,13,22H,12H2,1-2H3. The van der Waals surface area contributed by atoms with Crippen LogP contribution in [0.4, 0.5) is 13.2 Å². The van der Waals surface area contributed by atoms with Crippen LogP contribution >= 0.6 is 0 Å². The number of ether oxygens (including phenoxy) is 1. The Labute approximate surface area is 133 Å². The van der Waals surface area contributed by atoms with E-state index in [0.717, 1.165) is 5.56 Å². The van der Waals surface area contributed by atoms with E-state index < -0.39 is 17.7 Å². The van der Waals surface area contributed by atoms with Gasteiger partial charge in [0.1, 0.15) is 5.75 Å². The molecule has 2 nitrogen and oxygen atoms in total. The van der Waals surface area contributed by atoms with Crippen molar-refractivity contribution in [2.45, 2.75) is 25.1 Å². The Hall–Kier alpha value is -2.01. The fourth-order valence-corrected chi connectivity index (χ4v) is 2.69. The zero-order chi connectivity index (χ0) is 17.1. The van der Waals surface area contributed by atoms with Crippen molar-refractivity contribution in [2.75, 3.05) is 7.11 Å². The maximum Gasteiger partial charge on any atom is 0.421 e. The summed E-state index contributed by atoms with van der Waals surface area (Å²) in [5.74, 6) is -0.604. The molecule has 0 aliphatic heterocycles. The lowest BCUT2D eigenvalue weighted by Crippen LogP contribution is -2.48. The van der Waals surface area contributed by atoms with Crippen LogP contribution in [-0.4, -0.2) is 18.4 Å². The zero-order valence-corrected chi connectivity index (χ0v) is 13.0. The van der Waals surface area contributed by atoms with E-state index >= 15 is 0 Å². The first-order valence-corrected chi connectivity index (χ1v) is 7.26. The van der Waals surface area contributed by atoms with E-state index in [0.29, 0.717) is 5.75 Å². The van der Waals surface area contributed by atoms with Gasteiger partial charge in [-0.1, -0.05) is 49.4 Å². The molecule has 124 valence electrons. The van der Waals surface area contributed by atoms with E-state index in [1.54, 1.807) is 30.3 Å². The van der Waals surface area contributed by atoms with Crippen LogP contribution in [0.1, 0.15) is 18.1 Å². The predicted octanol–water partition coefficient (Wildman–Crippen LogP) is 4.32. The summed E-state index contributed by atoms with van der Waals surface area (Å²) < 4.78 is 45.9. The largest absolute Gasteiger partial charge is 0.497 e. The summed E-state index contributed by atoms with van der Waals surface area (Å²) in [6.07, 6.45) is -4.67. The lowest BCUT2D eigenvalue weighted by Gasteiger charge is -2.36. The highest BCUT2D eigenvalue weighted by atomic mass is 19.4. The van der Waals surface area contributed by atoms with Crippen LogP contribution in [0.15, 0.2) is 54.6 Å². The molecule has 23 heavy (non-hydrogen) atoms. The van der Waals surface area contributed by atoms with Crippen molar-refractivity contribution in [2.24, 2.45) is 5.92 Å². The third-order valence-corrected chi connectivity index (χ3v) is 4.06. The number of hydrogen-bond acceptors (Lipinski definition) is 2. The first-order valence-electron chi connectivity index (χ1n) is 7.26. The van der Waals surface area contributed by atoms with Gasteiger partial charge in [-0.3, -0.25) is 0 Å². The van der Waals surface area contributed by atoms with Gasteiger partial charge in [0, 0.05) is 5.92 Å². The number of alkyl halides is 3. The van der Waals surface area contributed by atoms with Gasteiger partial charge < -0.3 is 9.84 Å². The van der Waals surface area contributed by atoms with Crippen LogP contribution in [0.25, 0.3) is 0 Å². The lowest BCUT2D eigenvalue weighted by molar-refractivity contribution is -0.285. The Balaban J connectivity index is 2.38. The second-order valence-electron chi connectivity index (χ2n) is 5.58. The molecule has 0 radical (unpaired) electrons. The van der Waals surface area contributed by atoms with E-state index in [1.807, 2.05) is 0 Å². The Morgan fingerprint density at radius 2 is 1.57 bits per heavy atom. The minimum absolute atomic E-state index is 0.114. The van der Waals surface area contributed by atoms with Gasteiger partial charge in [0.05, 0.1) is 7.11 Å². The average molecular weight is 324 g/mol. The van der Waals surface area contributed by atoms with Crippen LogP contribution in [0, 0.1) is 5.92 Å². The van der Waals surface area contributed by atoms with Gasteiger partial charge in [0.25, 0.3) is 0 Å². The van der Waals surface area contributed by atoms with E-state index in [-0.39, 0.29) is 12.0 Å². The second-order valence-corrected chi connectivity index (χ2v) is 5.58. The number of rotatable bonds is 5. The fraction of sp³-hybridized carbons (Fsp3) is 0.333. The van der Waals surface area contributed by atoms with Gasteiger partial charge in [-0.25, -0.2) is 0 Å². The van der Waals surface area contributed by atoms with Crippen LogP contribution in [0.2, 0.25) is 0 Å². The maximum atomic E-state index is 13.6. The summed E-state index contributed by atoms with van der Waals surface area (Å²) >= 11 is 0. The van der Waals surface area contributed by atoms with Gasteiger partial charge in [0.15, 0.2) is 5.60 Å². The Morgan fingerprint density at radius 1 is 1.00 bits per heavy atom. The van der Waals surface area contributed by atoms with Crippen LogP contribution in [0.3, 0.4) is 0 Å². The molecule has 0 saturated carbocycles. The second kappa shape index (κ2) is 6.62. The van der Waals surface area contributed by atoms with E-state index in [1.165, 1.54) is 38.3 Å². The number of hydrogen-bond donors (Lipinski definition) is 1. The van der Waals surface area contributed by atoms with Gasteiger partial charge in [-0.15, -0.1) is 0 Å². The summed E-state index contributed by atoms with van der Waals surface area (Å²) in [6.45, 7) is 1.41. The molecule has 2 aromatic rings. The quantitative estimate of drug-likeness (QED) is 0.887. The molecule has 5 heteroatoms. The van der Waals surface area contributed by atoms with E-state index in [2.05, 4.69) is 0 Å². The maximum absolute atomic E-state index is 13.6. The molecule has 2 aromatic carbocycles. The third-order valence-electron chi connectivity index (χ3n) is 4.06. The SMILES string of the molecule is COc1ccc(C(O)(C(C)Cc2ccccc2)C(F)(F)F)cc1. The molecule has 0 spiro atoms. The van der Waals surface area contributed by atoms with Crippen molar-refractivity contribution in [3.63, 3.8) is 0 Å². The Bertz CT molecular complexity index is 623. The normalized spacial score (nSPS) is 15.7. The Morgan fingerprint density at radius 3 is 2.04 bits per heavy atom. The van der Waals surface area contributed by atoms with Gasteiger partial charge in [-0.05, 0) is 29.7 Å². The van der Waals surface area contributed by atoms with Crippen molar-refractivity contribution in [3.05, 3.63) is 65.7 Å². The summed E-state index contributed by atoms with van der Waals surface area (Å²) in [5, 5.41) is 10.5. The van der Waals surface area contributed by atoms with Crippen molar-refractivity contribution in [1.82, 2.24) is 0 Å². The molecule has 0 bridgehead atoms. The molecule has 0 fully saturated rings. The number of aliphatic hydroxyl groups is 1. The molecular formula is C18H19F3O2. The minimum atomic E-state index is -4.78. The first kappa shape index (κ1) is 17.3. The summed E-state index contributed by atoms with van der Waals surface area (Å²) in [6, 6.07) is 14.2. The smallest absolute Gasteiger partial charge is 0.421 e. The van der Waals surface area contributed by atoms with E-state index in [9.17, 15) is 18.3 Å². The molecule has 0 amide bonds. The first-order chi connectivity index (χ1) is 10.8. The zero-order valence-electron chi connectivity index (χ0n) is 13.0. The van der Waals surface area contributed by atoms with Crippen LogP contribution in [-0.2, 0) is 12.0 Å². The number of methoxy groups -OCH3 is 1. The predicted molar refractivity (Wildman–Crippen MR) is 82.3 cm³/mol. The highest BCUT2D eigenvalue weighted by Gasteiger charge is 2.58. The minimum Gasteiger partial charge on any atom is -0.497 e. The molecule has 2 atom stereocenters. The third kappa shape index (κ3) is 3.50. The topological polar surface area (TPSA) is 29.5 Å². The molecule has 2 rings (SSSR count). The van der Waals surface area contributed by atoms with Crippen LogP contribution in [0.5, 0.6) is 5.75 Å². The fourth-order valence-electron chi connectivity index (χ4n) is 2.69. The van der Waals surface area contributed by atoms with E-state index in [4.69, 9.17) is 4.74 Å². The highest BCUT2D eigenvalue weighted by molar-refractivity contribution is 5.33. The van der Waals surface area contributed by atoms with Crippen molar-refractivity contribution >= 4 is 0 Å². The van der Waals surface area contributed by atoms with Gasteiger partial charge >= 0.3 is 6.18 Å². The van der Waals surface area contributed by atoms with Crippen molar-refractivity contribution < 1.29 is 23.0 Å². The molecule has 0 aliphatic carbocycles. The number of halogens is 3. The summed E-state index contributed by atoms with van der Waals surface area (Å²) in [5.41, 5.74) is -2.36. The number of benzene rings is 2. The molecular weight excluding hydrogens is 305 g/mol. The molecule has 0 aliphatic rings. The molecule has 1 N–H and O–H groups in total. The van der Waals surface area contributed by atoms with Crippen molar-refractivity contribution in [1.29, 1.82) is 0 Å². The molecule has 0 heterocycles. The molecule has 0 aromatic heterocycles. The molecule has 2 unspecified atom stereocenters.